The Morgan fingerprint density at radius 3 is 2.86 bits per heavy atom. The molecule has 112 valence electrons. The molecule has 0 saturated carbocycles. The van der Waals surface area contributed by atoms with Gasteiger partial charge in [0, 0.05) is 18.7 Å². The molecule has 0 aliphatic carbocycles. The molecular weight excluding hydrogens is 262 g/mol. The van der Waals surface area contributed by atoms with Crippen LogP contribution in [0.1, 0.15) is 42.5 Å². The molecule has 4 heteroatoms. The highest BCUT2D eigenvalue weighted by atomic mass is 16.2. The van der Waals surface area contributed by atoms with Crippen molar-refractivity contribution in [2.24, 2.45) is 0 Å². The van der Waals surface area contributed by atoms with Crippen LogP contribution in [0.5, 0.6) is 0 Å². The summed E-state index contributed by atoms with van der Waals surface area (Å²) in [6, 6.07) is 9.21. The van der Waals surface area contributed by atoms with Crippen LogP contribution in [0.3, 0.4) is 0 Å². The smallest absolute Gasteiger partial charge is 0.128 e. The molecule has 0 bridgehead atoms. The lowest BCUT2D eigenvalue weighted by Crippen LogP contribution is -2.24. The van der Waals surface area contributed by atoms with E-state index in [2.05, 4.69) is 46.3 Å². The van der Waals surface area contributed by atoms with E-state index < -0.39 is 0 Å². The summed E-state index contributed by atoms with van der Waals surface area (Å²) in [5, 5.41) is 17.0. The van der Waals surface area contributed by atoms with Gasteiger partial charge in [0.2, 0.25) is 0 Å². The van der Waals surface area contributed by atoms with Crippen molar-refractivity contribution in [3.63, 3.8) is 0 Å². The van der Waals surface area contributed by atoms with Crippen LogP contribution in [-0.2, 0) is 12.8 Å². The zero-order valence-corrected chi connectivity index (χ0v) is 12.5. The first-order chi connectivity index (χ1) is 10.3. The lowest BCUT2D eigenvalue weighted by molar-refractivity contribution is 0.288. The van der Waals surface area contributed by atoms with Gasteiger partial charge in [-0.1, -0.05) is 31.2 Å². The molecule has 2 aromatic rings. The van der Waals surface area contributed by atoms with Gasteiger partial charge >= 0.3 is 0 Å². The summed E-state index contributed by atoms with van der Waals surface area (Å²) in [7, 11) is 0. The molecule has 4 nitrogen and oxygen atoms in total. The van der Waals surface area contributed by atoms with E-state index in [0.29, 0.717) is 6.04 Å². The van der Waals surface area contributed by atoms with E-state index in [1.807, 2.05) is 6.20 Å². The zero-order chi connectivity index (χ0) is 14.7. The second kappa shape index (κ2) is 6.31. The number of fused-ring (bicyclic) bond motifs is 1. The maximum absolute atomic E-state index is 9.00. The summed E-state index contributed by atoms with van der Waals surface area (Å²) >= 11 is 0. The molecular formula is C17H23N3O. The fourth-order valence-electron chi connectivity index (χ4n) is 3.01. The Balaban J connectivity index is 1.87. The highest BCUT2D eigenvalue weighted by Gasteiger charge is 2.24. The summed E-state index contributed by atoms with van der Waals surface area (Å²) in [4.78, 5) is 0. The van der Waals surface area contributed by atoms with Gasteiger partial charge in [-0.25, -0.2) is 4.68 Å². The quantitative estimate of drug-likeness (QED) is 0.888. The van der Waals surface area contributed by atoms with Crippen molar-refractivity contribution in [2.45, 2.75) is 38.6 Å². The fourth-order valence-corrected chi connectivity index (χ4v) is 3.01. The predicted octanol–water partition coefficient (Wildman–Crippen LogP) is 2.78. The molecule has 1 aromatic heterocycles. The van der Waals surface area contributed by atoms with Gasteiger partial charge in [-0.3, -0.25) is 0 Å². The molecule has 1 aliphatic heterocycles. The van der Waals surface area contributed by atoms with E-state index in [1.54, 1.807) is 0 Å². The topological polar surface area (TPSA) is 50.1 Å². The van der Waals surface area contributed by atoms with Crippen molar-refractivity contribution in [1.82, 2.24) is 9.78 Å². The van der Waals surface area contributed by atoms with E-state index in [0.717, 1.165) is 38.0 Å². The molecule has 21 heavy (non-hydrogen) atoms. The Morgan fingerprint density at radius 2 is 2.14 bits per heavy atom. The number of nitrogens with one attached hydrogen (secondary N) is 1. The number of nitrogens with zero attached hydrogens (tertiary/aromatic N) is 2. The minimum Gasteiger partial charge on any atom is -0.396 e. The summed E-state index contributed by atoms with van der Waals surface area (Å²) in [6.45, 7) is 3.38. The number of aromatic nitrogens is 2. The van der Waals surface area contributed by atoms with E-state index in [9.17, 15) is 0 Å². The van der Waals surface area contributed by atoms with Crippen molar-refractivity contribution in [3.8, 4) is 0 Å². The average Bonchev–Trinajstić information content (AvgIpc) is 2.96. The van der Waals surface area contributed by atoms with E-state index >= 15 is 0 Å². The molecule has 0 radical (unpaired) electrons. The summed E-state index contributed by atoms with van der Waals surface area (Å²) < 4.78 is 2.11. The van der Waals surface area contributed by atoms with Crippen LogP contribution in [0.2, 0.25) is 0 Å². The van der Waals surface area contributed by atoms with Crippen LogP contribution in [-0.4, -0.2) is 28.0 Å². The van der Waals surface area contributed by atoms with Crippen molar-refractivity contribution >= 4 is 5.82 Å². The average molecular weight is 285 g/mol. The molecule has 1 atom stereocenters. The monoisotopic (exact) mass is 285 g/mol. The molecule has 0 spiro atoms. The summed E-state index contributed by atoms with van der Waals surface area (Å²) in [5.41, 5.74) is 3.91. The third kappa shape index (κ3) is 2.81. The maximum Gasteiger partial charge on any atom is 0.128 e. The number of hydrogen-bond acceptors (Lipinski definition) is 3. The highest BCUT2D eigenvalue weighted by Crippen LogP contribution is 2.31. The number of aliphatic hydroxyl groups excluding tert-OH is 1. The van der Waals surface area contributed by atoms with Gasteiger partial charge in [0.25, 0.3) is 0 Å². The fraction of sp³-hybridized carbons (Fsp3) is 0.471. The number of anilines is 1. The van der Waals surface area contributed by atoms with E-state index in [1.165, 1.54) is 16.7 Å². The van der Waals surface area contributed by atoms with Crippen molar-refractivity contribution in [3.05, 3.63) is 47.2 Å². The first-order valence-electron chi connectivity index (χ1n) is 7.83. The standard InChI is InChI=1S/C17H23N3O/c1-2-13-5-7-14(8-6-13)16-9-10-18-17-15(4-3-11-21)12-19-20(16)17/h5-8,12,16,18,21H,2-4,9-11H2,1H3. The van der Waals surface area contributed by atoms with Gasteiger partial charge in [-0.2, -0.15) is 5.10 Å². The van der Waals surface area contributed by atoms with Crippen LogP contribution in [0, 0.1) is 0 Å². The number of rotatable bonds is 5. The molecule has 1 unspecified atom stereocenters. The van der Waals surface area contributed by atoms with Gasteiger partial charge in [0.1, 0.15) is 5.82 Å². The summed E-state index contributed by atoms with van der Waals surface area (Å²) in [6.07, 6.45) is 5.73. The molecule has 0 fully saturated rings. The molecule has 2 N–H and O–H groups in total. The van der Waals surface area contributed by atoms with Gasteiger partial charge < -0.3 is 10.4 Å². The lowest BCUT2D eigenvalue weighted by Gasteiger charge is -2.27. The van der Waals surface area contributed by atoms with Crippen molar-refractivity contribution < 1.29 is 5.11 Å². The van der Waals surface area contributed by atoms with Crippen LogP contribution < -0.4 is 5.32 Å². The first kappa shape index (κ1) is 14.1. The van der Waals surface area contributed by atoms with Crippen LogP contribution >= 0.6 is 0 Å². The lowest BCUT2D eigenvalue weighted by atomic mass is 10.00. The largest absolute Gasteiger partial charge is 0.396 e. The molecule has 0 saturated heterocycles. The number of benzene rings is 1. The Morgan fingerprint density at radius 1 is 1.33 bits per heavy atom. The van der Waals surface area contributed by atoms with Crippen molar-refractivity contribution in [2.75, 3.05) is 18.5 Å². The molecule has 0 amide bonds. The van der Waals surface area contributed by atoms with Crippen LogP contribution in [0.25, 0.3) is 0 Å². The Labute approximate surface area is 125 Å². The van der Waals surface area contributed by atoms with Crippen molar-refractivity contribution in [1.29, 1.82) is 0 Å². The number of aryl methyl sites for hydroxylation is 2. The molecule has 1 aromatic carbocycles. The van der Waals surface area contributed by atoms with Gasteiger partial charge in [0.05, 0.1) is 12.2 Å². The Bertz CT molecular complexity index is 589. The minimum absolute atomic E-state index is 0.229. The zero-order valence-electron chi connectivity index (χ0n) is 12.5. The number of hydrogen-bond donors (Lipinski definition) is 2. The second-order valence-electron chi connectivity index (χ2n) is 5.62. The van der Waals surface area contributed by atoms with Gasteiger partial charge in [-0.05, 0) is 36.8 Å². The summed E-state index contributed by atoms with van der Waals surface area (Å²) in [5.74, 6) is 1.12. The molecule has 3 rings (SSSR count). The maximum atomic E-state index is 9.00. The van der Waals surface area contributed by atoms with Crippen LogP contribution in [0.15, 0.2) is 30.5 Å². The highest BCUT2D eigenvalue weighted by molar-refractivity contribution is 5.47. The third-order valence-electron chi connectivity index (χ3n) is 4.25. The van der Waals surface area contributed by atoms with Gasteiger partial charge in [0.15, 0.2) is 0 Å². The van der Waals surface area contributed by atoms with E-state index in [4.69, 9.17) is 5.11 Å². The third-order valence-corrected chi connectivity index (χ3v) is 4.25. The number of aliphatic hydroxyl groups is 1. The second-order valence-corrected chi connectivity index (χ2v) is 5.62. The van der Waals surface area contributed by atoms with Crippen LogP contribution in [0.4, 0.5) is 5.82 Å². The van der Waals surface area contributed by atoms with Gasteiger partial charge in [-0.15, -0.1) is 0 Å². The first-order valence-corrected chi connectivity index (χ1v) is 7.83. The Hall–Kier alpha value is -1.81. The minimum atomic E-state index is 0.229. The molecule has 1 aliphatic rings. The predicted molar refractivity (Wildman–Crippen MR) is 84.7 cm³/mol. The SMILES string of the molecule is CCc1ccc(C2CCNc3c(CCCO)cnn32)cc1. The normalized spacial score (nSPS) is 17.3. The van der Waals surface area contributed by atoms with E-state index in [-0.39, 0.29) is 6.61 Å². The molecule has 2 heterocycles. The Kier molecular flexibility index (Phi) is 4.25.